The predicted molar refractivity (Wildman–Crippen MR) is 109 cm³/mol. The Hall–Kier alpha value is -2.39. The summed E-state index contributed by atoms with van der Waals surface area (Å²) >= 11 is 1.71. The number of benzene rings is 1. The zero-order chi connectivity index (χ0) is 20.1. The molecule has 7 nitrogen and oxygen atoms in total. The molecule has 29 heavy (non-hydrogen) atoms. The first kappa shape index (κ1) is 18.6. The maximum atomic E-state index is 14.5. The van der Waals surface area contributed by atoms with Crippen LogP contribution in [0.5, 0.6) is 0 Å². The molecule has 152 valence electrons. The Balaban J connectivity index is 1.56. The molecule has 1 aromatic carbocycles. The van der Waals surface area contributed by atoms with E-state index in [0.29, 0.717) is 11.4 Å². The van der Waals surface area contributed by atoms with E-state index in [0.717, 1.165) is 24.6 Å². The van der Waals surface area contributed by atoms with E-state index in [2.05, 4.69) is 20.6 Å². The Morgan fingerprint density at radius 3 is 3.03 bits per heavy atom. The van der Waals surface area contributed by atoms with Crippen molar-refractivity contribution in [3.05, 3.63) is 41.8 Å². The highest BCUT2D eigenvalue weighted by atomic mass is 32.2. The quantitative estimate of drug-likeness (QED) is 0.566. The molecule has 1 amide bonds. The number of aromatic nitrogens is 2. The fraction of sp³-hybridized carbons (Fsp3) is 0.450. The van der Waals surface area contributed by atoms with E-state index in [-0.39, 0.29) is 46.7 Å². The minimum Gasteiger partial charge on any atom is -0.388 e. The first-order chi connectivity index (χ1) is 14.0. The van der Waals surface area contributed by atoms with E-state index < -0.39 is 11.9 Å². The van der Waals surface area contributed by atoms with Gasteiger partial charge in [0, 0.05) is 22.7 Å². The number of carbonyl (C=O) groups excluding carboxylic acids is 1. The van der Waals surface area contributed by atoms with Crippen LogP contribution in [-0.2, 0) is 4.79 Å². The van der Waals surface area contributed by atoms with Crippen molar-refractivity contribution in [2.75, 3.05) is 16.4 Å². The zero-order valence-corrected chi connectivity index (χ0v) is 16.4. The van der Waals surface area contributed by atoms with Crippen LogP contribution in [0.25, 0.3) is 0 Å². The fourth-order valence-corrected chi connectivity index (χ4v) is 6.58. The number of anilines is 3. The van der Waals surface area contributed by atoms with Crippen molar-refractivity contribution in [2.24, 2.45) is 23.5 Å². The van der Waals surface area contributed by atoms with Crippen LogP contribution in [0, 0.1) is 23.6 Å². The van der Waals surface area contributed by atoms with Gasteiger partial charge in [-0.05, 0) is 42.4 Å². The Bertz CT molecular complexity index is 960. The summed E-state index contributed by atoms with van der Waals surface area (Å²) in [4.78, 5) is 20.4. The predicted octanol–water partition coefficient (Wildman–Crippen LogP) is 2.43. The molecule has 9 heteroatoms. The number of hydrogen-bond donors (Lipinski definition) is 4. The SMILES string of the molecule is NC(=O)[C@H]1C2CC3[C@H]1Nc1nc(ncc1F)Nc1cccc(c1)C(O)CS[C@@H]3C2. The third kappa shape index (κ3) is 3.32. The number of halogens is 1. The molecule has 2 fully saturated rings. The van der Waals surface area contributed by atoms with Crippen molar-refractivity contribution >= 4 is 35.1 Å². The summed E-state index contributed by atoms with van der Waals surface area (Å²) in [6, 6.07) is 7.14. The number of nitrogens with zero attached hydrogens (tertiary/aromatic N) is 2. The second kappa shape index (κ2) is 7.14. The highest BCUT2D eigenvalue weighted by molar-refractivity contribution is 7.99. The van der Waals surface area contributed by atoms with Crippen molar-refractivity contribution in [3.8, 4) is 0 Å². The second-order valence-electron chi connectivity index (χ2n) is 8.02. The molecule has 6 atom stereocenters. The van der Waals surface area contributed by atoms with Crippen LogP contribution in [0.3, 0.4) is 0 Å². The molecule has 0 spiro atoms. The number of nitrogens with one attached hydrogen (secondary N) is 2. The van der Waals surface area contributed by atoms with Crippen LogP contribution < -0.4 is 16.4 Å². The number of thioether (sulfide) groups is 1. The van der Waals surface area contributed by atoms with Crippen molar-refractivity contribution in [2.45, 2.75) is 30.2 Å². The van der Waals surface area contributed by atoms with E-state index in [9.17, 15) is 14.3 Å². The van der Waals surface area contributed by atoms with Crippen molar-refractivity contribution in [1.29, 1.82) is 0 Å². The lowest BCUT2D eigenvalue weighted by atomic mass is 9.83. The molecule has 5 rings (SSSR count). The van der Waals surface area contributed by atoms with Crippen LogP contribution in [0.4, 0.5) is 21.8 Å². The summed E-state index contributed by atoms with van der Waals surface area (Å²) in [6.45, 7) is 0. The van der Waals surface area contributed by atoms with Crippen LogP contribution >= 0.6 is 11.8 Å². The maximum Gasteiger partial charge on any atom is 0.229 e. The zero-order valence-electron chi connectivity index (χ0n) is 15.6. The van der Waals surface area contributed by atoms with Crippen molar-refractivity contribution in [1.82, 2.24) is 9.97 Å². The van der Waals surface area contributed by atoms with Gasteiger partial charge in [0.25, 0.3) is 0 Å². The molecule has 2 aliphatic carbocycles. The van der Waals surface area contributed by atoms with E-state index >= 15 is 0 Å². The van der Waals surface area contributed by atoms with Gasteiger partial charge in [-0.15, -0.1) is 0 Å². The third-order valence-corrected chi connectivity index (χ3v) is 7.79. The summed E-state index contributed by atoms with van der Waals surface area (Å²) in [7, 11) is 0. The van der Waals surface area contributed by atoms with Crippen molar-refractivity contribution < 1.29 is 14.3 Å². The molecular weight excluding hydrogens is 393 g/mol. The number of amides is 1. The monoisotopic (exact) mass is 415 g/mol. The number of primary amides is 1. The summed E-state index contributed by atoms with van der Waals surface area (Å²) in [5.41, 5.74) is 7.20. The van der Waals surface area contributed by atoms with Gasteiger partial charge in [-0.2, -0.15) is 16.7 Å². The Kier molecular flexibility index (Phi) is 4.59. The van der Waals surface area contributed by atoms with Crippen LogP contribution in [-0.4, -0.2) is 38.0 Å². The number of hydrogen-bond acceptors (Lipinski definition) is 7. The Morgan fingerprint density at radius 2 is 2.21 bits per heavy atom. The van der Waals surface area contributed by atoms with Gasteiger partial charge in [-0.3, -0.25) is 4.79 Å². The number of nitrogens with two attached hydrogens (primary N) is 1. The number of aliphatic hydroxyl groups excluding tert-OH is 1. The molecule has 2 heterocycles. The first-order valence-corrected chi connectivity index (χ1v) is 10.8. The third-order valence-electron chi connectivity index (χ3n) is 6.32. The van der Waals surface area contributed by atoms with Crippen LogP contribution in [0.2, 0.25) is 0 Å². The number of fused-ring (bicyclic) bond motifs is 5. The van der Waals surface area contributed by atoms with Gasteiger partial charge in [0.1, 0.15) is 0 Å². The lowest BCUT2D eigenvalue weighted by molar-refractivity contribution is -0.123. The van der Waals surface area contributed by atoms with Gasteiger partial charge in [0.2, 0.25) is 11.9 Å². The molecule has 1 aliphatic heterocycles. The number of carbonyl (C=O) groups is 1. The van der Waals surface area contributed by atoms with Crippen LogP contribution in [0.1, 0.15) is 24.5 Å². The summed E-state index contributed by atoms with van der Waals surface area (Å²) in [5, 5.41) is 17.2. The molecule has 3 aliphatic rings. The van der Waals surface area contributed by atoms with Gasteiger partial charge < -0.3 is 21.5 Å². The van der Waals surface area contributed by atoms with Crippen LogP contribution in [0.15, 0.2) is 30.5 Å². The lowest BCUT2D eigenvalue weighted by Crippen LogP contribution is -2.46. The maximum absolute atomic E-state index is 14.5. The van der Waals surface area contributed by atoms with Gasteiger partial charge in [0.05, 0.1) is 18.2 Å². The highest BCUT2D eigenvalue weighted by Gasteiger charge is 2.55. The minimum absolute atomic E-state index is 0.0725. The van der Waals surface area contributed by atoms with E-state index in [1.807, 2.05) is 24.3 Å². The normalized spacial score (nSPS) is 32.8. The molecule has 0 saturated heterocycles. The molecule has 2 aromatic rings. The smallest absolute Gasteiger partial charge is 0.229 e. The topological polar surface area (TPSA) is 113 Å². The van der Waals surface area contributed by atoms with Gasteiger partial charge >= 0.3 is 0 Å². The second-order valence-corrected chi connectivity index (χ2v) is 9.29. The fourth-order valence-electron chi connectivity index (χ4n) is 5.05. The Morgan fingerprint density at radius 1 is 1.34 bits per heavy atom. The molecule has 0 radical (unpaired) electrons. The molecule has 3 unspecified atom stereocenters. The summed E-state index contributed by atoms with van der Waals surface area (Å²) < 4.78 is 14.5. The molecule has 1 aromatic heterocycles. The standard InChI is InChI=1S/C20H22FN5O2S/c21-13-7-23-20-24-11-3-1-2-9(4-11)14(27)8-29-15-6-10-5-12(15)17(16(10)18(22)28)25-19(13)26-20/h1-4,7,10,12,14-17,27H,5-6,8H2,(H2,22,28)(H2,23,24,25,26)/t10?,12?,14?,15-,16+,17-/m1/s1. The lowest BCUT2D eigenvalue weighted by Gasteiger charge is -2.35. The van der Waals surface area contributed by atoms with E-state index in [1.54, 1.807) is 11.8 Å². The first-order valence-electron chi connectivity index (χ1n) is 9.74. The molecule has 2 saturated carbocycles. The van der Waals surface area contributed by atoms with Gasteiger partial charge in [0.15, 0.2) is 11.6 Å². The molecule has 5 N–H and O–H groups in total. The average molecular weight is 415 g/mol. The Labute approximate surface area is 171 Å². The largest absolute Gasteiger partial charge is 0.388 e. The number of aliphatic hydroxyl groups is 1. The average Bonchev–Trinajstić information content (AvgIpc) is 3.26. The van der Waals surface area contributed by atoms with Gasteiger partial charge in [-0.25, -0.2) is 9.37 Å². The summed E-state index contributed by atoms with van der Waals surface area (Å²) in [6.07, 6.45) is 2.26. The molecular formula is C20H22FN5O2S. The van der Waals surface area contributed by atoms with E-state index in [4.69, 9.17) is 5.73 Å². The number of rotatable bonds is 1. The summed E-state index contributed by atoms with van der Waals surface area (Å²) in [5.74, 6) is -0.0807. The molecule has 6 bridgehead atoms. The van der Waals surface area contributed by atoms with Gasteiger partial charge in [-0.1, -0.05) is 12.1 Å². The minimum atomic E-state index is -0.605. The highest BCUT2D eigenvalue weighted by Crippen LogP contribution is 2.54. The van der Waals surface area contributed by atoms with E-state index in [1.165, 1.54) is 0 Å². The van der Waals surface area contributed by atoms with Crippen molar-refractivity contribution in [3.63, 3.8) is 0 Å².